The molecular weight excluding hydrogens is 388 g/mol. The zero-order valence-electron chi connectivity index (χ0n) is 12.2. The fourth-order valence-electron chi connectivity index (χ4n) is 2.90. The second-order valence-corrected chi connectivity index (χ2v) is 8.51. The average Bonchev–Trinajstić information content (AvgIpc) is 2.82. The molecule has 2 heterocycles. The van der Waals surface area contributed by atoms with Gasteiger partial charge in [-0.2, -0.15) is 4.31 Å². The van der Waals surface area contributed by atoms with E-state index in [4.69, 9.17) is 5.11 Å². The summed E-state index contributed by atoms with van der Waals surface area (Å²) in [5.41, 5.74) is 0.818. The van der Waals surface area contributed by atoms with Crippen molar-refractivity contribution in [3.8, 4) is 0 Å². The summed E-state index contributed by atoms with van der Waals surface area (Å²) in [5.74, 6) is -1.12. The quantitative estimate of drug-likeness (QED) is 0.772. The maximum Gasteiger partial charge on any atom is 0.322 e. The number of hydrogen-bond acceptors (Lipinski definition) is 5. The predicted octanol–water partition coefficient (Wildman–Crippen LogP) is 0.868. The lowest BCUT2D eigenvalue weighted by atomic mass is 10.1. The van der Waals surface area contributed by atoms with E-state index >= 15 is 0 Å². The Morgan fingerprint density at radius 1 is 1.26 bits per heavy atom. The number of β-amino-alcohol motifs (C(OH)–C–C–N with tert-alkyl or cyclic N) is 1. The molecule has 1 aromatic carbocycles. The molecule has 0 radical (unpaired) electrons. The molecule has 0 aliphatic carbocycles. The lowest BCUT2D eigenvalue weighted by molar-refractivity contribution is -0.144. The second kappa shape index (κ2) is 6.04. The minimum Gasteiger partial charge on any atom is -0.480 e. The number of aliphatic hydroxyl groups is 1. The Balaban J connectivity index is 1.86. The van der Waals surface area contributed by atoms with Crippen molar-refractivity contribution in [3.05, 3.63) is 22.7 Å². The van der Waals surface area contributed by atoms with E-state index in [1.165, 1.54) is 12.1 Å². The molecular formula is C14H17BrN2O5S. The van der Waals surface area contributed by atoms with Crippen molar-refractivity contribution < 1.29 is 23.4 Å². The van der Waals surface area contributed by atoms with Gasteiger partial charge in [0.2, 0.25) is 10.0 Å². The molecule has 0 amide bonds. The van der Waals surface area contributed by atoms with Gasteiger partial charge >= 0.3 is 5.97 Å². The van der Waals surface area contributed by atoms with Crippen LogP contribution in [-0.2, 0) is 14.8 Å². The minimum absolute atomic E-state index is 0.0684. The molecule has 2 N–H and O–H groups in total. The van der Waals surface area contributed by atoms with Crippen LogP contribution in [0.3, 0.4) is 0 Å². The molecule has 2 fully saturated rings. The summed E-state index contributed by atoms with van der Waals surface area (Å²) in [6, 6.07) is 3.68. The molecule has 2 aliphatic heterocycles. The summed E-state index contributed by atoms with van der Waals surface area (Å²) >= 11 is 3.38. The van der Waals surface area contributed by atoms with Crippen molar-refractivity contribution in [2.45, 2.75) is 29.9 Å². The van der Waals surface area contributed by atoms with Crippen LogP contribution in [0.1, 0.15) is 12.8 Å². The lowest BCUT2D eigenvalue weighted by Gasteiger charge is -2.36. The fourth-order valence-corrected chi connectivity index (χ4v) is 5.33. The fraction of sp³-hybridized carbons (Fsp3) is 0.500. The van der Waals surface area contributed by atoms with Crippen molar-refractivity contribution in [1.82, 2.24) is 4.31 Å². The molecule has 3 rings (SSSR count). The lowest BCUT2D eigenvalue weighted by Crippen LogP contribution is -2.54. The van der Waals surface area contributed by atoms with Crippen LogP contribution >= 0.6 is 15.9 Å². The number of anilines is 1. The molecule has 7 nitrogen and oxygen atoms in total. The first-order valence-electron chi connectivity index (χ1n) is 7.28. The number of benzene rings is 1. The molecule has 23 heavy (non-hydrogen) atoms. The number of carboxylic acid groups (broad SMARTS) is 1. The summed E-state index contributed by atoms with van der Waals surface area (Å²) < 4.78 is 26.7. The molecule has 0 saturated carbocycles. The van der Waals surface area contributed by atoms with Crippen LogP contribution in [0.15, 0.2) is 27.6 Å². The number of sulfonamides is 1. The Hall–Kier alpha value is -1.16. The van der Waals surface area contributed by atoms with E-state index in [1.807, 2.05) is 4.90 Å². The third-order valence-electron chi connectivity index (χ3n) is 4.29. The first-order valence-corrected chi connectivity index (χ1v) is 9.51. The molecule has 0 aromatic heterocycles. The molecule has 0 spiro atoms. The standard InChI is InChI=1S/C14H17BrN2O5S/c15-11-7-10(1-2-12(11)16-5-3-9(18)8-16)23(21,22)17-6-4-13(17)14(19)20/h1-2,7,9,13,18H,3-6,8H2,(H,19,20). The summed E-state index contributed by atoms with van der Waals surface area (Å²) in [4.78, 5) is 13.1. The number of rotatable bonds is 4. The first kappa shape index (κ1) is 16.7. The zero-order valence-corrected chi connectivity index (χ0v) is 14.6. The molecule has 2 saturated heterocycles. The smallest absolute Gasteiger partial charge is 0.322 e. The van der Waals surface area contributed by atoms with Crippen LogP contribution in [-0.4, -0.2) is 60.7 Å². The topological polar surface area (TPSA) is 98.2 Å². The van der Waals surface area contributed by atoms with E-state index in [0.717, 1.165) is 9.99 Å². The van der Waals surface area contributed by atoms with Gasteiger partial charge in [0, 0.05) is 24.1 Å². The van der Waals surface area contributed by atoms with E-state index in [-0.39, 0.29) is 17.5 Å². The van der Waals surface area contributed by atoms with Gasteiger partial charge < -0.3 is 15.1 Å². The highest BCUT2D eigenvalue weighted by Crippen LogP contribution is 2.34. The number of hydrogen-bond donors (Lipinski definition) is 2. The highest BCUT2D eigenvalue weighted by molar-refractivity contribution is 9.10. The SMILES string of the molecule is O=C(O)C1CCN1S(=O)(=O)c1ccc(N2CCC(O)C2)c(Br)c1. The monoisotopic (exact) mass is 404 g/mol. The van der Waals surface area contributed by atoms with Crippen molar-refractivity contribution in [2.24, 2.45) is 0 Å². The van der Waals surface area contributed by atoms with Gasteiger partial charge in [0.15, 0.2) is 0 Å². The van der Waals surface area contributed by atoms with Crippen molar-refractivity contribution in [1.29, 1.82) is 0 Å². The number of halogens is 1. The maximum atomic E-state index is 12.6. The summed E-state index contributed by atoms with van der Waals surface area (Å²) in [6.07, 6.45) is 0.641. The van der Waals surface area contributed by atoms with E-state index in [1.54, 1.807) is 6.07 Å². The van der Waals surface area contributed by atoms with Crippen molar-refractivity contribution in [3.63, 3.8) is 0 Å². The second-order valence-electron chi connectivity index (χ2n) is 5.76. The predicted molar refractivity (Wildman–Crippen MR) is 86.9 cm³/mol. The highest BCUT2D eigenvalue weighted by atomic mass is 79.9. The van der Waals surface area contributed by atoms with Crippen LogP contribution < -0.4 is 4.90 Å². The Morgan fingerprint density at radius 2 is 2.00 bits per heavy atom. The average molecular weight is 405 g/mol. The van der Waals surface area contributed by atoms with E-state index < -0.39 is 22.0 Å². The van der Waals surface area contributed by atoms with Gasteiger partial charge in [-0.25, -0.2) is 8.42 Å². The number of carboxylic acids is 1. The van der Waals surface area contributed by atoms with Crippen LogP contribution in [0.2, 0.25) is 0 Å². The Morgan fingerprint density at radius 3 is 2.48 bits per heavy atom. The van der Waals surface area contributed by atoms with Crippen molar-refractivity contribution >= 4 is 37.6 Å². The van der Waals surface area contributed by atoms with Gasteiger partial charge in [-0.3, -0.25) is 4.79 Å². The van der Waals surface area contributed by atoms with E-state index in [2.05, 4.69) is 15.9 Å². The highest BCUT2D eigenvalue weighted by Gasteiger charge is 2.43. The molecule has 2 unspecified atom stereocenters. The molecule has 1 aromatic rings. The van der Waals surface area contributed by atoms with Gasteiger partial charge in [-0.05, 0) is 47.0 Å². The number of carbonyl (C=O) groups is 1. The molecule has 0 bridgehead atoms. The van der Waals surface area contributed by atoms with Crippen molar-refractivity contribution in [2.75, 3.05) is 24.5 Å². The zero-order chi connectivity index (χ0) is 16.8. The number of aliphatic carboxylic acids is 1. The van der Waals surface area contributed by atoms with Crippen LogP contribution in [0.4, 0.5) is 5.69 Å². The normalized spacial score (nSPS) is 25.4. The van der Waals surface area contributed by atoms with Gasteiger partial charge in [0.25, 0.3) is 0 Å². The van der Waals surface area contributed by atoms with Gasteiger partial charge in [-0.15, -0.1) is 0 Å². The van der Waals surface area contributed by atoms with Gasteiger partial charge in [0.1, 0.15) is 6.04 Å². The summed E-state index contributed by atoms with van der Waals surface area (Å²) in [5, 5.41) is 18.6. The Bertz CT molecular complexity index is 739. The Kier molecular flexibility index (Phi) is 4.39. The minimum atomic E-state index is -3.82. The number of nitrogens with zero attached hydrogens (tertiary/aromatic N) is 2. The Labute approximate surface area is 142 Å². The maximum absolute atomic E-state index is 12.6. The third-order valence-corrected chi connectivity index (χ3v) is 6.82. The first-order chi connectivity index (χ1) is 10.8. The molecule has 126 valence electrons. The van der Waals surface area contributed by atoms with Gasteiger partial charge in [0.05, 0.1) is 16.7 Å². The largest absolute Gasteiger partial charge is 0.480 e. The third kappa shape index (κ3) is 2.98. The van der Waals surface area contributed by atoms with Crippen LogP contribution in [0.5, 0.6) is 0 Å². The molecule has 2 aliphatic rings. The van der Waals surface area contributed by atoms with Gasteiger partial charge in [-0.1, -0.05) is 0 Å². The number of aliphatic hydroxyl groups excluding tert-OH is 1. The molecule has 2 atom stereocenters. The van der Waals surface area contributed by atoms with Crippen LogP contribution in [0, 0.1) is 0 Å². The van der Waals surface area contributed by atoms with Crippen LogP contribution in [0.25, 0.3) is 0 Å². The summed E-state index contributed by atoms with van der Waals surface area (Å²) in [7, 11) is -3.82. The molecule has 9 heteroatoms. The summed E-state index contributed by atoms with van der Waals surface area (Å²) in [6.45, 7) is 1.44. The van der Waals surface area contributed by atoms with E-state index in [9.17, 15) is 18.3 Å². The van der Waals surface area contributed by atoms with E-state index in [0.29, 0.717) is 30.4 Å².